The van der Waals surface area contributed by atoms with Crippen LogP contribution in [0.2, 0.25) is 0 Å². The third-order valence-electron chi connectivity index (χ3n) is 6.70. The van der Waals surface area contributed by atoms with Crippen molar-refractivity contribution >= 4 is 11.6 Å². The number of pyridine rings is 1. The molecule has 0 saturated carbocycles. The van der Waals surface area contributed by atoms with Gasteiger partial charge in [-0.05, 0) is 50.3 Å². The number of carbonyl (C=O) groups excluding carboxylic acids is 1. The lowest BCUT2D eigenvalue weighted by atomic mass is 9.70. The fourth-order valence-electron chi connectivity index (χ4n) is 5.02. The molecule has 0 bridgehead atoms. The summed E-state index contributed by atoms with van der Waals surface area (Å²) in [5.74, 6) is 0.943. The molecule has 1 atom stereocenters. The van der Waals surface area contributed by atoms with E-state index in [1.807, 2.05) is 36.2 Å². The maximum absolute atomic E-state index is 12.9. The van der Waals surface area contributed by atoms with E-state index in [9.17, 15) is 4.79 Å². The van der Waals surface area contributed by atoms with E-state index in [2.05, 4.69) is 34.9 Å². The summed E-state index contributed by atoms with van der Waals surface area (Å²) >= 11 is 0. The van der Waals surface area contributed by atoms with Crippen LogP contribution in [0.25, 0.3) is 5.65 Å². The Kier molecular flexibility index (Phi) is 5.40. The van der Waals surface area contributed by atoms with Crippen LogP contribution in [0.3, 0.4) is 0 Å². The molecule has 2 fully saturated rings. The van der Waals surface area contributed by atoms with Gasteiger partial charge in [-0.3, -0.25) is 4.79 Å². The highest BCUT2D eigenvalue weighted by molar-refractivity contribution is 5.81. The number of ether oxygens (including phenoxy) is 2. The van der Waals surface area contributed by atoms with Crippen LogP contribution in [-0.4, -0.2) is 52.6 Å². The molecule has 2 saturated heterocycles. The quantitative estimate of drug-likeness (QED) is 0.631. The highest BCUT2D eigenvalue weighted by atomic mass is 16.5. The molecule has 0 N–H and O–H groups in total. The van der Waals surface area contributed by atoms with E-state index in [0.717, 1.165) is 42.8 Å². The summed E-state index contributed by atoms with van der Waals surface area (Å²) in [6, 6.07) is 14.5. The third-order valence-corrected chi connectivity index (χ3v) is 6.70. The second kappa shape index (κ2) is 8.35. The van der Waals surface area contributed by atoms with Gasteiger partial charge in [0, 0.05) is 37.5 Å². The Hall–Kier alpha value is -2.86. The summed E-state index contributed by atoms with van der Waals surface area (Å²) in [5, 5.41) is 0. The number of fused-ring (bicyclic) bond motifs is 1. The van der Waals surface area contributed by atoms with Crippen LogP contribution in [-0.2, 0) is 14.9 Å². The number of piperidine rings is 1. The number of imidazole rings is 1. The normalized spacial score (nSPS) is 20.8. The Balaban J connectivity index is 1.50. The molecule has 1 unspecified atom stereocenters. The Labute approximate surface area is 182 Å². The van der Waals surface area contributed by atoms with Crippen molar-refractivity contribution in [1.82, 2.24) is 14.3 Å². The molecule has 2 aliphatic rings. The number of nitrogens with zero attached hydrogens (tertiary/aromatic N) is 3. The molecule has 6 nitrogen and oxygen atoms in total. The molecule has 2 aromatic heterocycles. The van der Waals surface area contributed by atoms with Crippen molar-refractivity contribution in [2.24, 2.45) is 0 Å². The minimum Gasteiger partial charge on any atom is -0.490 e. The molecule has 1 aromatic carbocycles. The Morgan fingerprint density at radius 1 is 1.19 bits per heavy atom. The van der Waals surface area contributed by atoms with E-state index >= 15 is 0 Å². The number of amides is 1. The fraction of sp³-hybridized carbons (Fsp3) is 0.440. The minimum atomic E-state index is -0.256. The number of benzene rings is 1. The van der Waals surface area contributed by atoms with Crippen molar-refractivity contribution in [2.45, 2.75) is 44.1 Å². The molecule has 1 amide bonds. The van der Waals surface area contributed by atoms with Crippen molar-refractivity contribution < 1.29 is 14.3 Å². The average molecular weight is 420 g/mol. The van der Waals surface area contributed by atoms with Gasteiger partial charge in [-0.1, -0.05) is 30.3 Å². The average Bonchev–Trinajstić information content (AvgIpc) is 3.50. The van der Waals surface area contributed by atoms with Crippen LogP contribution in [0, 0.1) is 0 Å². The Morgan fingerprint density at radius 3 is 2.71 bits per heavy atom. The van der Waals surface area contributed by atoms with Gasteiger partial charge in [-0.25, -0.2) is 4.98 Å². The molecule has 3 aromatic rings. The highest BCUT2D eigenvalue weighted by Crippen LogP contribution is 2.42. The summed E-state index contributed by atoms with van der Waals surface area (Å²) in [6.07, 6.45) is 7.37. The van der Waals surface area contributed by atoms with E-state index in [4.69, 9.17) is 14.5 Å². The zero-order chi connectivity index (χ0) is 21.3. The van der Waals surface area contributed by atoms with E-state index < -0.39 is 0 Å². The summed E-state index contributed by atoms with van der Waals surface area (Å²) in [4.78, 5) is 20.0. The summed E-state index contributed by atoms with van der Waals surface area (Å²) in [5.41, 5.74) is 2.90. The summed E-state index contributed by atoms with van der Waals surface area (Å²) < 4.78 is 13.5. The number of likely N-dealkylation sites (tertiary alicyclic amines) is 1. The maximum atomic E-state index is 12.9. The van der Waals surface area contributed by atoms with Gasteiger partial charge in [-0.15, -0.1) is 0 Å². The van der Waals surface area contributed by atoms with Gasteiger partial charge < -0.3 is 18.8 Å². The maximum Gasteiger partial charge on any atom is 0.251 e. The van der Waals surface area contributed by atoms with Gasteiger partial charge in [0.25, 0.3) is 5.91 Å². The van der Waals surface area contributed by atoms with Crippen LogP contribution in [0.1, 0.15) is 43.9 Å². The van der Waals surface area contributed by atoms with Crippen molar-refractivity contribution in [1.29, 1.82) is 0 Å². The lowest BCUT2D eigenvalue weighted by Crippen LogP contribution is -2.48. The van der Waals surface area contributed by atoms with E-state index in [1.165, 1.54) is 5.56 Å². The standard InChI is InChI=1S/C25H29N3O3/c1-2-30-20-10-6-14-28-18-22(26-23(20)28)25(19-8-4-3-5-9-19)12-15-27(16-13-25)24(29)21-11-7-17-31-21/h3-6,8-10,14,18,21H,2,7,11-13,15-17H2,1H3. The largest absolute Gasteiger partial charge is 0.490 e. The van der Waals surface area contributed by atoms with Crippen LogP contribution in [0.5, 0.6) is 5.75 Å². The summed E-state index contributed by atoms with van der Waals surface area (Å²) in [7, 11) is 0. The topological polar surface area (TPSA) is 56.1 Å². The molecule has 5 rings (SSSR count). The molecular formula is C25H29N3O3. The number of hydrogen-bond acceptors (Lipinski definition) is 4. The van der Waals surface area contributed by atoms with E-state index in [0.29, 0.717) is 26.3 Å². The summed E-state index contributed by atoms with van der Waals surface area (Å²) in [6.45, 7) is 4.70. The van der Waals surface area contributed by atoms with Gasteiger partial charge in [0.15, 0.2) is 11.4 Å². The number of carbonyl (C=O) groups is 1. The van der Waals surface area contributed by atoms with Crippen LogP contribution < -0.4 is 4.74 Å². The molecule has 0 aliphatic carbocycles. The molecule has 6 heteroatoms. The lowest BCUT2D eigenvalue weighted by molar-refractivity contribution is -0.142. The first kappa shape index (κ1) is 20.1. The Bertz CT molecular complexity index is 1050. The van der Waals surface area contributed by atoms with Crippen molar-refractivity contribution in [3.05, 3.63) is 66.1 Å². The highest BCUT2D eigenvalue weighted by Gasteiger charge is 2.42. The SMILES string of the molecule is CCOc1cccn2cc(C3(c4ccccc4)CCN(C(=O)C4CCCO4)CC3)nc12. The van der Waals surface area contributed by atoms with Crippen molar-refractivity contribution in [3.8, 4) is 5.75 Å². The second-order valence-corrected chi connectivity index (χ2v) is 8.44. The van der Waals surface area contributed by atoms with E-state index in [-0.39, 0.29) is 17.4 Å². The van der Waals surface area contributed by atoms with Gasteiger partial charge >= 0.3 is 0 Å². The molecule has 0 radical (unpaired) electrons. The smallest absolute Gasteiger partial charge is 0.251 e. The lowest BCUT2D eigenvalue weighted by Gasteiger charge is -2.42. The van der Waals surface area contributed by atoms with E-state index in [1.54, 1.807) is 0 Å². The van der Waals surface area contributed by atoms with Gasteiger partial charge in [0.2, 0.25) is 0 Å². The Morgan fingerprint density at radius 2 is 2.00 bits per heavy atom. The van der Waals surface area contributed by atoms with Gasteiger partial charge in [0.1, 0.15) is 6.10 Å². The van der Waals surface area contributed by atoms with Gasteiger partial charge in [0.05, 0.1) is 12.3 Å². The predicted molar refractivity (Wildman–Crippen MR) is 118 cm³/mol. The molecule has 31 heavy (non-hydrogen) atoms. The van der Waals surface area contributed by atoms with Gasteiger partial charge in [-0.2, -0.15) is 0 Å². The minimum absolute atomic E-state index is 0.146. The monoisotopic (exact) mass is 419 g/mol. The zero-order valence-electron chi connectivity index (χ0n) is 18.0. The van der Waals surface area contributed by atoms with Crippen LogP contribution in [0.15, 0.2) is 54.9 Å². The zero-order valence-corrected chi connectivity index (χ0v) is 18.0. The predicted octanol–water partition coefficient (Wildman–Crippen LogP) is 3.82. The number of aromatic nitrogens is 2. The third kappa shape index (κ3) is 3.59. The first-order valence-electron chi connectivity index (χ1n) is 11.3. The first-order chi connectivity index (χ1) is 15.2. The van der Waals surface area contributed by atoms with Crippen LogP contribution >= 0.6 is 0 Å². The van der Waals surface area contributed by atoms with Crippen LogP contribution in [0.4, 0.5) is 0 Å². The molecule has 162 valence electrons. The molecule has 2 aliphatic heterocycles. The molecular weight excluding hydrogens is 390 g/mol. The first-order valence-corrected chi connectivity index (χ1v) is 11.3. The fourth-order valence-corrected chi connectivity index (χ4v) is 5.02. The van der Waals surface area contributed by atoms with Crippen molar-refractivity contribution in [2.75, 3.05) is 26.3 Å². The number of rotatable bonds is 5. The number of hydrogen-bond donors (Lipinski definition) is 0. The molecule has 0 spiro atoms. The molecule has 4 heterocycles. The van der Waals surface area contributed by atoms with Crippen molar-refractivity contribution in [3.63, 3.8) is 0 Å². The second-order valence-electron chi connectivity index (χ2n) is 8.44.